The van der Waals surface area contributed by atoms with E-state index in [0.717, 1.165) is 45.4 Å². The van der Waals surface area contributed by atoms with Gasteiger partial charge in [-0.1, -0.05) is 60.7 Å². The van der Waals surface area contributed by atoms with Crippen LogP contribution in [0.15, 0.2) is 60.7 Å². The molecule has 0 unspecified atom stereocenters. The first-order valence-electron chi connectivity index (χ1n) is 8.76. The summed E-state index contributed by atoms with van der Waals surface area (Å²) in [5.41, 5.74) is 2.31. The predicted octanol–water partition coefficient (Wildman–Crippen LogP) is 3.38. The Morgan fingerprint density at radius 1 is 0.917 bits per heavy atom. The molecule has 0 amide bonds. The molecule has 0 radical (unpaired) electrons. The van der Waals surface area contributed by atoms with Crippen LogP contribution in [0.3, 0.4) is 0 Å². The SMILES string of the molecule is N#CC1(NCCc2ccccc2)CCN(Cc2ccccc2)CC1. The third-order valence-corrected chi connectivity index (χ3v) is 4.89. The summed E-state index contributed by atoms with van der Waals surface area (Å²) >= 11 is 0. The predicted molar refractivity (Wildman–Crippen MR) is 97.4 cm³/mol. The van der Waals surface area contributed by atoms with Crippen molar-refractivity contribution in [3.8, 4) is 6.07 Å². The fraction of sp³-hybridized carbons (Fsp3) is 0.381. The van der Waals surface area contributed by atoms with Crippen molar-refractivity contribution in [2.45, 2.75) is 31.3 Å². The van der Waals surface area contributed by atoms with E-state index in [1.54, 1.807) is 0 Å². The standard InChI is InChI=1S/C21H25N3/c22-18-21(23-14-11-19-7-3-1-4-8-19)12-15-24(16-13-21)17-20-9-5-2-6-10-20/h1-10,23H,11-17H2. The van der Waals surface area contributed by atoms with Crippen LogP contribution in [0.2, 0.25) is 0 Å². The Bertz CT molecular complexity index is 652. The summed E-state index contributed by atoms with van der Waals surface area (Å²) in [4.78, 5) is 2.45. The van der Waals surface area contributed by atoms with E-state index < -0.39 is 0 Å². The van der Waals surface area contributed by atoms with Crippen molar-refractivity contribution >= 4 is 0 Å². The Labute approximate surface area is 144 Å². The van der Waals surface area contributed by atoms with E-state index >= 15 is 0 Å². The maximum absolute atomic E-state index is 9.68. The second-order valence-corrected chi connectivity index (χ2v) is 6.62. The number of hydrogen-bond donors (Lipinski definition) is 1. The van der Waals surface area contributed by atoms with Gasteiger partial charge >= 0.3 is 0 Å². The van der Waals surface area contributed by atoms with Gasteiger partial charge in [0.05, 0.1) is 6.07 Å². The van der Waals surface area contributed by atoms with E-state index in [1.807, 2.05) is 6.07 Å². The second-order valence-electron chi connectivity index (χ2n) is 6.62. The third-order valence-electron chi connectivity index (χ3n) is 4.89. The molecule has 0 spiro atoms. The highest BCUT2D eigenvalue weighted by Gasteiger charge is 2.33. The van der Waals surface area contributed by atoms with Crippen LogP contribution >= 0.6 is 0 Å². The first-order valence-corrected chi connectivity index (χ1v) is 8.76. The molecule has 1 N–H and O–H groups in total. The van der Waals surface area contributed by atoms with Crippen LogP contribution in [-0.2, 0) is 13.0 Å². The molecule has 1 saturated heterocycles. The molecule has 0 aromatic heterocycles. The topological polar surface area (TPSA) is 39.1 Å². The number of benzene rings is 2. The Kier molecular flexibility index (Phi) is 5.63. The first-order chi connectivity index (χ1) is 11.8. The Morgan fingerprint density at radius 3 is 2.08 bits per heavy atom. The van der Waals surface area contributed by atoms with Crippen molar-refractivity contribution in [2.24, 2.45) is 0 Å². The lowest BCUT2D eigenvalue weighted by molar-refractivity contribution is 0.161. The normalized spacial score (nSPS) is 17.3. The molecule has 0 bridgehead atoms. The van der Waals surface area contributed by atoms with Crippen molar-refractivity contribution < 1.29 is 0 Å². The van der Waals surface area contributed by atoms with Crippen molar-refractivity contribution in [3.05, 3.63) is 71.8 Å². The van der Waals surface area contributed by atoms with Crippen LogP contribution in [-0.4, -0.2) is 30.1 Å². The second kappa shape index (κ2) is 8.10. The van der Waals surface area contributed by atoms with Gasteiger partial charge in [0.25, 0.3) is 0 Å². The largest absolute Gasteiger partial charge is 0.299 e. The molecular formula is C21H25N3. The molecule has 2 aromatic carbocycles. The Hall–Kier alpha value is -2.15. The van der Waals surface area contributed by atoms with Crippen LogP contribution in [0.4, 0.5) is 0 Å². The van der Waals surface area contributed by atoms with Gasteiger partial charge in [-0.05, 0) is 30.4 Å². The van der Waals surface area contributed by atoms with E-state index in [-0.39, 0.29) is 5.54 Å². The molecule has 0 saturated carbocycles. The summed E-state index contributed by atoms with van der Waals surface area (Å²) in [5, 5.41) is 13.2. The lowest BCUT2D eigenvalue weighted by Gasteiger charge is -2.38. The van der Waals surface area contributed by atoms with Crippen LogP contribution < -0.4 is 5.32 Å². The highest BCUT2D eigenvalue weighted by Crippen LogP contribution is 2.23. The van der Waals surface area contributed by atoms with Gasteiger partial charge in [0.1, 0.15) is 5.54 Å². The molecule has 124 valence electrons. The number of piperidine rings is 1. The van der Waals surface area contributed by atoms with E-state index in [4.69, 9.17) is 0 Å². The van der Waals surface area contributed by atoms with E-state index in [1.165, 1.54) is 11.1 Å². The number of nitriles is 1. The summed E-state index contributed by atoms with van der Waals surface area (Å²) in [6, 6.07) is 23.6. The van der Waals surface area contributed by atoms with Gasteiger partial charge in [-0.15, -0.1) is 0 Å². The fourth-order valence-corrected chi connectivity index (χ4v) is 3.35. The maximum Gasteiger partial charge on any atom is 0.109 e. The van der Waals surface area contributed by atoms with Gasteiger partial charge in [0.2, 0.25) is 0 Å². The number of likely N-dealkylation sites (tertiary alicyclic amines) is 1. The average Bonchev–Trinajstić information content (AvgIpc) is 2.65. The minimum atomic E-state index is -0.359. The van der Waals surface area contributed by atoms with Gasteiger partial charge < -0.3 is 0 Å². The summed E-state index contributed by atoms with van der Waals surface area (Å²) < 4.78 is 0. The molecule has 3 rings (SSSR count). The summed E-state index contributed by atoms with van der Waals surface area (Å²) in [7, 11) is 0. The van der Waals surface area contributed by atoms with Crippen LogP contribution in [0.1, 0.15) is 24.0 Å². The van der Waals surface area contributed by atoms with Crippen molar-refractivity contribution in [3.63, 3.8) is 0 Å². The molecule has 3 heteroatoms. The van der Waals surface area contributed by atoms with Crippen molar-refractivity contribution in [1.29, 1.82) is 5.26 Å². The van der Waals surface area contributed by atoms with E-state index in [0.29, 0.717) is 0 Å². The van der Waals surface area contributed by atoms with Gasteiger partial charge in [-0.2, -0.15) is 5.26 Å². The molecule has 1 aliphatic rings. The molecule has 3 nitrogen and oxygen atoms in total. The lowest BCUT2D eigenvalue weighted by Crippen LogP contribution is -2.52. The number of hydrogen-bond acceptors (Lipinski definition) is 3. The zero-order valence-corrected chi connectivity index (χ0v) is 14.1. The van der Waals surface area contributed by atoms with Gasteiger partial charge in [-0.3, -0.25) is 10.2 Å². The molecule has 0 atom stereocenters. The molecule has 24 heavy (non-hydrogen) atoms. The zero-order valence-electron chi connectivity index (χ0n) is 14.1. The monoisotopic (exact) mass is 319 g/mol. The summed E-state index contributed by atoms with van der Waals surface area (Å²) in [6.45, 7) is 3.78. The Morgan fingerprint density at radius 2 is 1.50 bits per heavy atom. The average molecular weight is 319 g/mol. The number of rotatable bonds is 6. The lowest BCUT2D eigenvalue weighted by atomic mass is 9.88. The molecule has 1 heterocycles. The highest BCUT2D eigenvalue weighted by molar-refractivity contribution is 5.17. The Balaban J connectivity index is 1.48. The zero-order chi connectivity index (χ0) is 16.7. The van der Waals surface area contributed by atoms with Gasteiger partial charge in [-0.25, -0.2) is 0 Å². The first kappa shape index (κ1) is 16.7. The van der Waals surface area contributed by atoms with Gasteiger partial charge in [0.15, 0.2) is 0 Å². The summed E-state index contributed by atoms with van der Waals surface area (Å²) in [6.07, 6.45) is 2.76. The third kappa shape index (κ3) is 4.44. The molecule has 0 aliphatic carbocycles. The maximum atomic E-state index is 9.68. The van der Waals surface area contributed by atoms with Crippen molar-refractivity contribution in [1.82, 2.24) is 10.2 Å². The summed E-state index contributed by atoms with van der Waals surface area (Å²) in [5.74, 6) is 0. The minimum Gasteiger partial charge on any atom is -0.299 e. The fourth-order valence-electron chi connectivity index (χ4n) is 3.35. The quantitative estimate of drug-likeness (QED) is 0.887. The highest BCUT2D eigenvalue weighted by atomic mass is 15.2. The van der Waals surface area contributed by atoms with Crippen LogP contribution in [0, 0.1) is 11.3 Å². The van der Waals surface area contributed by atoms with Crippen LogP contribution in [0.25, 0.3) is 0 Å². The molecule has 2 aromatic rings. The number of nitrogens with zero attached hydrogens (tertiary/aromatic N) is 2. The molecular weight excluding hydrogens is 294 g/mol. The van der Waals surface area contributed by atoms with E-state index in [9.17, 15) is 5.26 Å². The molecule has 1 aliphatic heterocycles. The van der Waals surface area contributed by atoms with Crippen molar-refractivity contribution in [2.75, 3.05) is 19.6 Å². The smallest absolute Gasteiger partial charge is 0.109 e. The number of nitrogens with one attached hydrogen (secondary N) is 1. The molecule has 1 fully saturated rings. The van der Waals surface area contributed by atoms with Crippen LogP contribution in [0.5, 0.6) is 0 Å². The minimum absolute atomic E-state index is 0.359. The van der Waals surface area contributed by atoms with Gasteiger partial charge in [0, 0.05) is 26.2 Å². The van der Waals surface area contributed by atoms with E-state index in [2.05, 4.69) is 70.9 Å².